The van der Waals surface area contributed by atoms with Crippen LogP contribution in [0, 0.1) is 0 Å². The van der Waals surface area contributed by atoms with Crippen molar-refractivity contribution in [3.8, 4) is 5.75 Å². The number of hydrogen-bond donors (Lipinski definition) is 2. The minimum absolute atomic E-state index is 0.000136. The Bertz CT molecular complexity index is 512. The highest BCUT2D eigenvalue weighted by Crippen LogP contribution is 2.16. The molecule has 120 valence electrons. The number of benzene rings is 1. The van der Waals surface area contributed by atoms with E-state index in [9.17, 15) is 9.59 Å². The van der Waals surface area contributed by atoms with Crippen LogP contribution in [0.4, 0.5) is 5.69 Å². The molecule has 0 aliphatic heterocycles. The number of anilines is 1. The van der Waals surface area contributed by atoms with Crippen molar-refractivity contribution >= 4 is 17.5 Å². The van der Waals surface area contributed by atoms with Gasteiger partial charge in [-0.3, -0.25) is 9.59 Å². The molecule has 1 aromatic carbocycles. The third-order valence-corrected chi connectivity index (χ3v) is 2.91. The summed E-state index contributed by atoms with van der Waals surface area (Å²) >= 11 is 0. The van der Waals surface area contributed by atoms with Crippen LogP contribution in [-0.2, 0) is 9.59 Å². The predicted octanol–water partition coefficient (Wildman–Crippen LogP) is 1.26. The first-order chi connectivity index (χ1) is 10.4. The summed E-state index contributed by atoms with van der Waals surface area (Å²) in [5.74, 6) is 0.399. The molecule has 1 aromatic rings. The van der Waals surface area contributed by atoms with Crippen LogP contribution < -0.4 is 15.4 Å². The maximum atomic E-state index is 11.7. The molecule has 6 nitrogen and oxygen atoms in total. The highest BCUT2D eigenvalue weighted by molar-refractivity contribution is 5.84. The molecule has 0 radical (unpaired) electrons. The molecule has 22 heavy (non-hydrogen) atoms. The SMILES string of the molecule is C=CCNC(=O)C(C)Nc1ccc(OCC(=O)N(C)C)cc1. The van der Waals surface area contributed by atoms with E-state index in [0.717, 1.165) is 5.69 Å². The molecule has 0 saturated heterocycles. The van der Waals surface area contributed by atoms with Crippen molar-refractivity contribution in [2.75, 3.05) is 32.6 Å². The van der Waals surface area contributed by atoms with Crippen molar-refractivity contribution in [2.24, 2.45) is 0 Å². The molecule has 2 amide bonds. The number of likely N-dealkylation sites (N-methyl/N-ethyl adjacent to an activating group) is 1. The first-order valence-corrected chi connectivity index (χ1v) is 7.02. The normalized spacial score (nSPS) is 11.2. The van der Waals surface area contributed by atoms with Crippen LogP contribution in [0.1, 0.15) is 6.92 Å². The number of nitrogens with one attached hydrogen (secondary N) is 2. The van der Waals surface area contributed by atoms with Gasteiger partial charge in [0.1, 0.15) is 11.8 Å². The zero-order valence-electron chi connectivity index (χ0n) is 13.3. The summed E-state index contributed by atoms with van der Waals surface area (Å²) in [6, 6.07) is 6.74. The minimum atomic E-state index is -0.359. The van der Waals surface area contributed by atoms with Gasteiger partial charge in [0.2, 0.25) is 5.91 Å². The summed E-state index contributed by atoms with van der Waals surface area (Å²) in [4.78, 5) is 24.6. The second-order valence-corrected chi connectivity index (χ2v) is 5.00. The lowest BCUT2D eigenvalue weighted by Gasteiger charge is -2.15. The smallest absolute Gasteiger partial charge is 0.259 e. The number of carbonyl (C=O) groups excluding carboxylic acids is 2. The maximum Gasteiger partial charge on any atom is 0.259 e. The Kier molecular flexibility index (Phi) is 6.95. The Morgan fingerprint density at radius 1 is 1.32 bits per heavy atom. The van der Waals surface area contributed by atoms with Crippen LogP contribution in [0.5, 0.6) is 5.75 Å². The van der Waals surface area contributed by atoms with E-state index in [4.69, 9.17) is 4.74 Å². The predicted molar refractivity (Wildman–Crippen MR) is 86.9 cm³/mol. The Labute approximate surface area is 131 Å². The molecular formula is C16H23N3O3. The van der Waals surface area contributed by atoms with Gasteiger partial charge in [0.15, 0.2) is 6.61 Å². The average molecular weight is 305 g/mol. The van der Waals surface area contributed by atoms with Crippen LogP contribution in [-0.4, -0.2) is 50.0 Å². The topological polar surface area (TPSA) is 70.7 Å². The van der Waals surface area contributed by atoms with E-state index in [2.05, 4.69) is 17.2 Å². The highest BCUT2D eigenvalue weighted by Gasteiger charge is 2.11. The Morgan fingerprint density at radius 2 is 1.95 bits per heavy atom. The molecule has 2 N–H and O–H groups in total. The van der Waals surface area contributed by atoms with E-state index in [1.807, 2.05) is 0 Å². The van der Waals surface area contributed by atoms with Gasteiger partial charge in [-0.2, -0.15) is 0 Å². The van der Waals surface area contributed by atoms with Crippen LogP contribution in [0.25, 0.3) is 0 Å². The zero-order chi connectivity index (χ0) is 16.5. The lowest BCUT2D eigenvalue weighted by molar-refractivity contribution is -0.130. The fourth-order valence-electron chi connectivity index (χ4n) is 1.56. The molecule has 0 fully saturated rings. The number of ether oxygens (including phenoxy) is 1. The largest absolute Gasteiger partial charge is 0.484 e. The number of rotatable bonds is 8. The number of nitrogens with zero attached hydrogens (tertiary/aromatic N) is 1. The third kappa shape index (κ3) is 5.87. The molecule has 0 heterocycles. The van der Waals surface area contributed by atoms with E-state index in [1.54, 1.807) is 51.4 Å². The van der Waals surface area contributed by atoms with Crippen LogP contribution in [0.3, 0.4) is 0 Å². The van der Waals surface area contributed by atoms with E-state index < -0.39 is 0 Å². The number of amides is 2. The monoisotopic (exact) mass is 305 g/mol. The highest BCUT2D eigenvalue weighted by atomic mass is 16.5. The van der Waals surface area contributed by atoms with Crippen LogP contribution >= 0.6 is 0 Å². The van der Waals surface area contributed by atoms with Crippen molar-refractivity contribution in [2.45, 2.75) is 13.0 Å². The second-order valence-electron chi connectivity index (χ2n) is 5.00. The Morgan fingerprint density at radius 3 is 2.50 bits per heavy atom. The van der Waals surface area contributed by atoms with Gasteiger partial charge in [0, 0.05) is 26.3 Å². The molecule has 0 aromatic heterocycles. The Balaban J connectivity index is 2.49. The lowest BCUT2D eigenvalue weighted by Crippen LogP contribution is -2.37. The lowest BCUT2D eigenvalue weighted by atomic mass is 10.2. The molecule has 0 spiro atoms. The van der Waals surface area contributed by atoms with Crippen LogP contribution in [0.15, 0.2) is 36.9 Å². The van der Waals surface area contributed by atoms with Gasteiger partial charge in [-0.05, 0) is 31.2 Å². The summed E-state index contributed by atoms with van der Waals surface area (Å²) in [6.45, 7) is 5.77. The van der Waals surface area contributed by atoms with Gasteiger partial charge in [-0.1, -0.05) is 6.08 Å². The van der Waals surface area contributed by atoms with Crippen molar-refractivity contribution in [3.63, 3.8) is 0 Å². The van der Waals surface area contributed by atoms with Gasteiger partial charge < -0.3 is 20.3 Å². The molecule has 1 unspecified atom stereocenters. The van der Waals surface area contributed by atoms with E-state index >= 15 is 0 Å². The van der Waals surface area contributed by atoms with Gasteiger partial charge in [0.25, 0.3) is 5.91 Å². The van der Waals surface area contributed by atoms with Crippen molar-refractivity contribution in [1.82, 2.24) is 10.2 Å². The molecule has 0 aliphatic carbocycles. The zero-order valence-corrected chi connectivity index (χ0v) is 13.3. The van der Waals surface area contributed by atoms with Gasteiger partial charge in [-0.25, -0.2) is 0 Å². The van der Waals surface area contributed by atoms with Crippen molar-refractivity contribution < 1.29 is 14.3 Å². The molecule has 1 atom stereocenters. The number of carbonyl (C=O) groups is 2. The summed E-state index contributed by atoms with van der Waals surface area (Å²) < 4.78 is 5.38. The van der Waals surface area contributed by atoms with Gasteiger partial charge in [-0.15, -0.1) is 6.58 Å². The molecule has 0 aliphatic rings. The summed E-state index contributed by atoms with van der Waals surface area (Å²) in [5, 5.41) is 5.80. The molecule has 0 bridgehead atoms. The third-order valence-electron chi connectivity index (χ3n) is 2.91. The fraction of sp³-hybridized carbons (Fsp3) is 0.375. The van der Waals surface area contributed by atoms with E-state index in [1.165, 1.54) is 4.90 Å². The van der Waals surface area contributed by atoms with Gasteiger partial charge >= 0.3 is 0 Å². The molecule has 1 rings (SSSR count). The molecule has 0 saturated carbocycles. The summed E-state index contributed by atoms with van der Waals surface area (Å²) in [5.41, 5.74) is 0.799. The quantitative estimate of drug-likeness (QED) is 0.709. The summed E-state index contributed by atoms with van der Waals surface area (Å²) in [7, 11) is 3.36. The standard InChI is InChI=1S/C16H23N3O3/c1-5-10-17-16(21)12(2)18-13-6-8-14(9-7-13)22-11-15(20)19(3)4/h5-9,12,18H,1,10-11H2,2-4H3,(H,17,21). The fourth-order valence-corrected chi connectivity index (χ4v) is 1.56. The van der Waals surface area contributed by atoms with Gasteiger partial charge in [0.05, 0.1) is 0 Å². The van der Waals surface area contributed by atoms with Crippen molar-refractivity contribution in [1.29, 1.82) is 0 Å². The first kappa shape index (κ1) is 17.6. The van der Waals surface area contributed by atoms with Crippen LogP contribution in [0.2, 0.25) is 0 Å². The number of hydrogen-bond acceptors (Lipinski definition) is 4. The van der Waals surface area contributed by atoms with E-state index in [0.29, 0.717) is 12.3 Å². The molecule has 6 heteroatoms. The second kappa shape index (κ2) is 8.71. The average Bonchev–Trinajstić information content (AvgIpc) is 2.51. The minimum Gasteiger partial charge on any atom is -0.484 e. The summed E-state index contributed by atoms with van der Waals surface area (Å²) in [6.07, 6.45) is 1.63. The van der Waals surface area contributed by atoms with E-state index in [-0.39, 0.29) is 24.5 Å². The Hall–Kier alpha value is -2.50. The first-order valence-electron chi connectivity index (χ1n) is 7.02. The molecular weight excluding hydrogens is 282 g/mol. The maximum absolute atomic E-state index is 11.7. The van der Waals surface area contributed by atoms with Crippen molar-refractivity contribution in [3.05, 3.63) is 36.9 Å².